The third-order valence-corrected chi connectivity index (χ3v) is 2.17. The number of carbonyl (C=O) groups excluding carboxylic acids is 1. The number of hydrogen-bond acceptors (Lipinski definition) is 3. The van der Waals surface area contributed by atoms with Gasteiger partial charge in [-0.15, -0.1) is 0 Å². The smallest absolute Gasteiger partial charge is 0.404 e. The molecule has 0 aliphatic heterocycles. The van der Waals surface area contributed by atoms with Crippen molar-refractivity contribution in [2.75, 3.05) is 0 Å². The molecule has 1 aromatic carbocycles. The molecule has 4 heteroatoms. The standard InChI is InChI=1S/C11H15NO3/c1-7-3-5-9(6-4-7)10(13)8(2)15-11(12)14/h3-6,8,10,13H,1-2H3,(H2,12,14)/t8-,10+/m0/s1. The minimum absolute atomic E-state index is 0.648. The molecule has 4 nitrogen and oxygen atoms in total. The summed E-state index contributed by atoms with van der Waals surface area (Å²) in [7, 11) is 0. The number of rotatable bonds is 3. The topological polar surface area (TPSA) is 72.6 Å². The van der Waals surface area contributed by atoms with E-state index in [9.17, 15) is 9.90 Å². The van der Waals surface area contributed by atoms with Gasteiger partial charge in [-0.3, -0.25) is 0 Å². The van der Waals surface area contributed by atoms with Gasteiger partial charge < -0.3 is 15.6 Å². The average Bonchev–Trinajstić information content (AvgIpc) is 2.17. The van der Waals surface area contributed by atoms with Crippen LogP contribution in [0.4, 0.5) is 4.79 Å². The van der Waals surface area contributed by atoms with Crippen molar-refractivity contribution in [2.24, 2.45) is 5.73 Å². The van der Waals surface area contributed by atoms with Crippen LogP contribution in [0.3, 0.4) is 0 Å². The highest BCUT2D eigenvalue weighted by atomic mass is 16.6. The van der Waals surface area contributed by atoms with E-state index in [0.29, 0.717) is 5.56 Å². The fourth-order valence-corrected chi connectivity index (χ4v) is 1.28. The second kappa shape index (κ2) is 4.79. The van der Waals surface area contributed by atoms with Crippen molar-refractivity contribution >= 4 is 6.09 Å². The fourth-order valence-electron chi connectivity index (χ4n) is 1.28. The molecule has 0 radical (unpaired) electrons. The van der Waals surface area contributed by atoms with Crippen LogP contribution in [0, 0.1) is 6.92 Å². The zero-order valence-electron chi connectivity index (χ0n) is 8.81. The molecule has 0 aliphatic carbocycles. The molecule has 0 heterocycles. The summed E-state index contributed by atoms with van der Waals surface area (Å²) in [6.45, 7) is 3.55. The Morgan fingerprint density at radius 2 is 1.93 bits per heavy atom. The van der Waals surface area contributed by atoms with E-state index in [4.69, 9.17) is 5.73 Å². The Balaban J connectivity index is 2.71. The number of primary amides is 1. The molecule has 0 spiro atoms. The van der Waals surface area contributed by atoms with Crippen molar-refractivity contribution in [2.45, 2.75) is 26.1 Å². The number of hydrogen-bond donors (Lipinski definition) is 2. The summed E-state index contributed by atoms with van der Waals surface area (Å²) >= 11 is 0. The van der Waals surface area contributed by atoms with Crippen LogP contribution in [0.2, 0.25) is 0 Å². The summed E-state index contributed by atoms with van der Waals surface area (Å²) in [5.74, 6) is 0. The Kier molecular flexibility index (Phi) is 3.68. The van der Waals surface area contributed by atoms with Crippen LogP contribution >= 0.6 is 0 Å². The van der Waals surface area contributed by atoms with E-state index in [0.717, 1.165) is 5.56 Å². The molecular weight excluding hydrogens is 194 g/mol. The summed E-state index contributed by atoms with van der Waals surface area (Å²) in [6, 6.07) is 7.35. The molecule has 15 heavy (non-hydrogen) atoms. The molecule has 1 aromatic rings. The molecule has 0 saturated carbocycles. The lowest BCUT2D eigenvalue weighted by Crippen LogP contribution is -2.25. The highest BCUT2D eigenvalue weighted by Gasteiger charge is 2.18. The van der Waals surface area contributed by atoms with Crippen LogP contribution in [-0.2, 0) is 4.74 Å². The first-order chi connectivity index (χ1) is 7.00. The molecule has 1 rings (SSSR count). The maximum atomic E-state index is 10.5. The largest absolute Gasteiger partial charge is 0.444 e. The zero-order chi connectivity index (χ0) is 11.4. The number of aliphatic hydroxyl groups is 1. The predicted molar refractivity (Wildman–Crippen MR) is 56.3 cm³/mol. The van der Waals surface area contributed by atoms with Gasteiger partial charge in [0.25, 0.3) is 0 Å². The lowest BCUT2D eigenvalue weighted by Gasteiger charge is -2.18. The summed E-state index contributed by atoms with van der Waals surface area (Å²) in [5, 5.41) is 9.80. The van der Waals surface area contributed by atoms with Gasteiger partial charge in [0.15, 0.2) is 0 Å². The zero-order valence-corrected chi connectivity index (χ0v) is 8.81. The van der Waals surface area contributed by atoms with E-state index < -0.39 is 18.3 Å². The molecule has 0 aliphatic rings. The number of amides is 1. The van der Waals surface area contributed by atoms with Gasteiger partial charge in [0, 0.05) is 0 Å². The Hall–Kier alpha value is -1.55. The lowest BCUT2D eigenvalue weighted by atomic mass is 10.0. The number of carbonyl (C=O) groups is 1. The maximum absolute atomic E-state index is 10.5. The van der Waals surface area contributed by atoms with Gasteiger partial charge in [-0.05, 0) is 19.4 Å². The van der Waals surface area contributed by atoms with Gasteiger partial charge in [-0.1, -0.05) is 29.8 Å². The Morgan fingerprint density at radius 3 is 2.40 bits per heavy atom. The summed E-state index contributed by atoms with van der Waals surface area (Å²) < 4.78 is 4.69. The van der Waals surface area contributed by atoms with Gasteiger partial charge in [0.05, 0.1) is 0 Å². The van der Waals surface area contributed by atoms with Gasteiger partial charge in [0.1, 0.15) is 12.2 Å². The SMILES string of the molecule is Cc1ccc([C@H](O)[C@H](C)OC(N)=O)cc1. The fraction of sp³-hybridized carbons (Fsp3) is 0.364. The van der Waals surface area contributed by atoms with E-state index in [1.54, 1.807) is 19.1 Å². The van der Waals surface area contributed by atoms with Crippen molar-refractivity contribution in [1.82, 2.24) is 0 Å². The van der Waals surface area contributed by atoms with Crippen LogP contribution in [0.1, 0.15) is 24.2 Å². The molecule has 0 fully saturated rings. The third kappa shape index (κ3) is 3.25. The highest BCUT2D eigenvalue weighted by molar-refractivity contribution is 5.64. The predicted octanol–water partition coefficient (Wildman–Crippen LogP) is 1.51. The van der Waals surface area contributed by atoms with Gasteiger partial charge in [0.2, 0.25) is 0 Å². The molecule has 82 valence electrons. The quantitative estimate of drug-likeness (QED) is 0.792. The molecule has 0 aromatic heterocycles. The minimum atomic E-state index is -0.881. The van der Waals surface area contributed by atoms with Crippen LogP contribution < -0.4 is 5.73 Å². The first-order valence-corrected chi connectivity index (χ1v) is 4.71. The van der Waals surface area contributed by atoms with Crippen molar-refractivity contribution in [3.8, 4) is 0 Å². The van der Waals surface area contributed by atoms with E-state index >= 15 is 0 Å². The van der Waals surface area contributed by atoms with Crippen LogP contribution in [0.5, 0.6) is 0 Å². The van der Waals surface area contributed by atoms with E-state index in [2.05, 4.69) is 4.74 Å². The number of ether oxygens (including phenoxy) is 1. The van der Waals surface area contributed by atoms with E-state index in [1.165, 1.54) is 0 Å². The molecule has 0 unspecified atom stereocenters. The second-order valence-electron chi connectivity index (χ2n) is 3.50. The van der Waals surface area contributed by atoms with Crippen molar-refractivity contribution in [1.29, 1.82) is 0 Å². The summed E-state index contributed by atoms with van der Waals surface area (Å²) in [4.78, 5) is 10.5. The Bertz CT molecular complexity index is 334. The van der Waals surface area contributed by atoms with Gasteiger partial charge in [-0.2, -0.15) is 0 Å². The van der Waals surface area contributed by atoms with Crippen LogP contribution in [0.25, 0.3) is 0 Å². The second-order valence-corrected chi connectivity index (χ2v) is 3.50. The normalized spacial score (nSPS) is 14.3. The average molecular weight is 209 g/mol. The van der Waals surface area contributed by atoms with Crippen molar-refractivity contribution in [3.05, 3.63) is 35.4 Å². The Labute approximate surface area is 88.7 Å². The molecule has 0 bridgehead atoms. The molecule has 2 atom stereocenters. The third-order valence-electron chi connectivity index (χ3n) is 2.17. The summed E-state index contributed by atoms with van der Waals surface area (Å²) in [6.07, 6.45) is -2.38. The minimum Gasteiger partial charge on any atom is -0.444 e. The molecular formula is C11H15NO3. The van der Waals surface area contributed by atoms with Crippen LogP contribution in [-0.4, -0.2) is 17.3 Å². The summed E-state index contributed by atoms with van der Waals surface area (Å²) in [5.41, 5.74) is 6.67. The van der Waals surface area contributed by atoms with E-state index in [1.807, 2.05) is 19.1 Å². The maximum Gasteiger partial charge on any atom is 0.404 e. The molecule has 1 amide bonds. The lowest BCUT2D eigenvalue weighted by molar-refractivity contribution is 0.0158. The monoisotopic (exact) mass is 209 g/mol. The molecule has 3 N–H and O–H groups in total. The molecule has 0 saturated heterocycles. The number of benzene rings is 1. The van der Waals surface area contributed by atoms with Gasteiger partial charge in [-0.25, -0.2) is 4.79 Å². The van der Waals surface area contributed by atoms with Crippen molar-refractivity contribution < 1.29 is 14.6 Å². The van der Waals surface area contributed by atoms with Crippen LogP contribution in [0.15, 0.2) is 24.3 Å². The number of nitrogens with two attached hydrogens (primary N) is 1. The first kappa shape index (κ1) is 11.5. The highest BCUT2D eigenvalue weighted by Crippen LogP contribution is 2.19. The van der Waals surface area contributed by atoms with Crippen molar-refractivity contribution in [3.63, 3.8) is 0 Å². The Morgan fingerprint density at radius 1 is 1.40 bits per heavy atom. The number of aryl methyl sites for hydroxylation is 1. The van der Waals surface area contributed by atoms with E-state index in [-0.39, 0.29) is 0 Å². The number of aliphatic hydroxyl groups excluding tert-OH is 1. The van der Waals surface area contributed by atoms with Gasteiger partial charge >= 0.3 is 6.09 Å². The first-order valence-electron chi connectivity index (χ1n) is 4.71.